The van der Waals surface area contributed by atoms with Crippen LogP contribution in [0, 0.1) is 6.92 Å². The molecule has 4 aromatic rings. The van der Waals surface area contributed by atoms with Crippen LogP contribution in [0.15, 0.2) is 53.5 Å². The number of anilines is 3. The van der Waals surface area contributed by atoms with Crippen molar-refractivity contribution in [3.05, 3.63) is 75.7 Å². The highest BCUT2D eigenvalue weighted by Gasteiger charge is 2.33. The zero-order valence-electron chi connectivity index (χ0n) is 26.5. The van der Waals surface area contributed by atoms with Crippen LogP contribution in [0.3, 0.4) is 0 Å². The molecule has 2 aliphatic rings. The van der Waals surface area contributed by atoms with Gasteiger partial charge in [-0.25, -0.2) is 9.97 Å². The molecule has 0 bridgehead atoms. The first-order chi connectivity index (χ1) is 22.4. The summed E-state index contributed by atoms with van der Waals surface area (Å²) in [5.41, 5.74) is 1.58. The molecule has 2 aliphatic heterocycles. The minimum atomic E-state index is -4.65. The van der Waals surface area contributed by atoms with Gasteiger partial charge in [-0.05, 0) is 81.5 Å². The number of hydrogen-bond acceptors (Lipinski definition) is 8. The van der Waals surface area contributed by atoms with E-state index in [1.807, 2.05) is 13.0 Å². The number of nitrogens with zero attached hydrogens (tertiary/aromatic N) is 4. The van der Waals surface area contributed by atoms with E-state index >= 15 is 0 Å². The van der Waals surface area contributed by atoms with Gasteiger partial charge < -0.3 is 30.5 Å². The fourth-order valence-corrected chi connectivity index (χ4v) is 6.20. The fraction of sp³-hybridized carbons (Fsp3) is 0.412. The average molecular weight is 650 g/mol. The van der Waals surface area contributed by atoms with E-state index in [0.29, 0.717) is 60.3 Å². The number of nitrogens with one attached hydrogen (secondary N) is 3. The van der Waals surface area contributed by atoms with Gasteiger partial charge in [-0.15, -0.1) is 0 Å². The highest BCUT2D eigenvalue weighted by atomic mass is 19.4. The van der Waals surface area contributed by atoms with Crippen molar-refractivity contribution in [2.24, 2.45) is 7.05 Å². The molecule has 2 fully saturated rings. The molecule has 2 unspecified atom stereocenters. The molecule has 0 radical (unpaired) electrons. The van der Waals surface area contributed by atoms with Crippen molar-refractivity contribution in [2.75, 3.05) is 35.2 Å². The van der Waals surface area contributed by atoms with Crippen molar-refractivity contribution in [3.63, 3.8) is 0 Å². The van der Waals surface area contributed by atoms with Crippen LogP contribution in [0.25, 0.3) is 22.2 Å². The second-order valence-corrected chi connectivity index (χ2v) is 12.6. The average Bonchev–Trinajstić information content (AvgIpc) is 3.05. The Morgan fingerprint density at radius 2 is 1.83 bits per heavy atom. The predicted molar refractivity (Wildman–Crippen MR) is 176 cm³/mol. The van der Waals surface area contributed by atoms with Crippen molar-refractivity contribution in [1.29, 1.82) is 0 Å². The summed E-state index contributed by atoms with van der Waals surface area (Å²) in [5, 5.41) is 19.9. The summed E-state index contributed by atoms with van der Waals surface area (Å²) in [5.74, 6) is -0.312. The lowest BCUT2D eigenvalue weighted by molar-refractivity contribution is -0.137. The van der Waals surface area contributed by atoms with E-state index < -0.39 is 23.8 Å². The summed E-state index contributed by atoms with van der Waals surface area (Å²) >= 11 is 0. The molecule has 0 aliphatic carbocycles. The van der Waals surface area contributed by atoms with E-state index in [-0.39, 0.29) is 28.4 Å². The lowest BCUT2D eigenvalue weighted by Gasteiger charge is -2.32. The van der Waals surface area contributed by atoms with Crippen molar-refractivity contribution in [2.45, 2.75) is 63.9 Å². The number of carbonyl (C=O) groups excluding carboxylic acids is 1. The number of aliphatic hydroxyl groups is 1. The molecule has 0 saturated carbocycles. The van der Waals surface area contributed by atoms with E-state index in [0.717, 1.165) is 37.1 Å². The molecule has 2 atom stereocenters. The third-order valence-electron chi connectivity index (χ3n) is 9.08. The van der Waals surface area contributed by atoms with Gasteiger partial charge in [0.25, 0.3) is 11.5 Å². The van der Waals surface area contributed by atoms with E-state index in [4.69, 9.17) is 0 Å². The lowest BCUT2D eigenvalue weighted by atomic mass is 10.0. The molecule has 4 heterocycles. The maximum atomic E-state index is 13.8. The zero-order chi connectivity index (χ0) is 33.5. The number of carbonyl (C=O) groups is 1. The minimum absolute atomic E-state index is 0.138. The zero-order valence-corrected chi connectivity index (χ0v) is 26.5. The number of aromatic nitrogens is 3. The summed E-state index contributed by atoms with van der Waals surface area (Å²) in [6, 6.07) is 10.9. The largest absolute Gasteiger partial charge is 0.416 e. The Morgan fingerprint density at radius 3 is 2.53 bits per heavy atom. The van der Waals surface area contributed by atoms with E-state index in [1.54, 1.807) is 36.3 Å². The maximum Gasteiger partial charge on any atom is 0.416 e. The van der Waals surface area contributed by atoms with Crippen LogP contribution in [0.2, 0.25) is 0 Å². The number of pyridine rings is 1. The Bertz CT molecular complexity index is 1860. The van der Waals surface area contributed by atoms with Crippen LogP contribution in [0.4, 0.5) is 30.5 Å². The Kier molecular flexibility index (Phi) is 8.95. The van der Waals surface area contributed by atoms with Crippen LogP contribution < -0.4 is 26.4 Å². The van der Waals surface area contributed by atoms with Gasteiger partial charge in [-0.2, -0.15) is 13.2 Å². The van der Waals surface area contributed by atoms with Crippen LogP contribution in [-0.4, -0.2) is 63.4 Å². The normalized spacial score (nSPS) is 19.2. The second-order valence-electron chi connectivity index (χ2n) is 12.6. The minimum Gasteiger partial charge on any atom is -0.393 e. The molecular weight excluding hydrogens is 611 g/mol. The van der Waals surface area contributed by atoms with Gasteiger partial charge in [0.1, 0.15) is 5.52 Å². The summed E-state index contributed by atoms with van der Waals surface area (Å²) < 4.78 is 43.0. The number of alkyl halides is 3. The van der Waals surface area contributed by atoms with Crippen molar-refractivity contribution in [1.82, 2.24) is 19.9 Å². The summed E-state index contributed by atoms with van der Waals surface area (Å²) in [6.07, 6.45) is -0.662. The first-order valence-corrected chi connectivity index (χ1v) is 15.8. The van der Waals surface area contributed by atoms with Crippen LogP contribution >= 0.6 is 0 Å². The topological polar surface area (TPSA) is 124 Å². The summed E-state index contributed by atoms with van der Waals surface area (Å²) in [7, 11) is 1.65. The van der Waals surface area contributed by atoms with Gasteiger partial charge in [0.15, 0.2) is 0 Å². The number of aryl methyl sites for hydroxylation is 1. The van der Waals surface area contributed by atoms with Gasteiger partial charge in [-0.3, -0.25) is 9.59 Å². The molecule has 2 saturated heterocycles. The van der Waals surface area contributed by atoms with Gasteiger partial charge in [0, 0.05) is 72.9 Å². The predicted octanol–water partition coefficient (Wildman–Crippen LogP) is 5.09. The van der Waals surface area contributed by atoms with Gasteiger partial charge >= 0.3 is 6.18 Å². The van der Waals surface area contributed by atoms with Gasteiger partial charge in [0.2, 0.25) is 5.95 Å². The number of rotatable bonds is 6. The monoisotopic (exact) mass is 649 g/mol. The highest BCUT2D eigenvalue weighted by Crippen LogP contribution is 2.34. The molecule has 1 amide bonds. The molecule has 13 heteroatoms. The van der Waals surface area contributed by atoms with Crippen LogP contribution in [0.1, 0.15) is 54.1 Å². The molecule has 47 heavy (non-hydrogen) atoms. The summed E-state index contributed by atoms with van der Waals surface area (Å²) in [6.45, 7) is 5.56. The Labute approximate surface area is 270 Å². The molecule has 2 aromatic heterocycles. The fourth-order valence-electron chi connectivity index (χ4n) is 6.20. The number of benzene rings is 2. The van der Waals surface area contributed by atoms with Gasteiger partial charge in [0.05, 0.1) is 17.4 Å². The molecule has 4 N–H and O–H groups in total. The Balaban J connectivity index is 1.27. The molecule has 6 rings (SSSR count). The molecule has 248 valence electrons. The highest BCUT2D eigenvalue weighted by molar-refractivity contribution is 6.05. The van der Waals surface area contributed by atoms with Gasteiger partial charge in [-0.1, -0.05) is 6.07 Å². The molecule has 2 aromatic carbocycles. The van der Waals surface area contributed by atoms with Crippen LogP contribution in [0.5, 0.6) is 0 Å². The first-order valence-electron chi connectivity index (χ1n) is 15.8. The number of piperidine rings is 2. The second kappa shape index (κ2) is 13.0. The molecule has 0 spiro atoms. The number of halogens is 3. The number of fused-ring (bicyclic) bond motifs is 1. The quantitative estimate of drug-likeness (QED) is 0.228. The SMILES string of the molecule is Cc1ccc(NC(=O)c2cc(N3CCC(O)CC3)cc(C(F)(F)F)c2)cc1-c1cc2cnc(NC3CCC(C)NC3)nc2c(=O)n1C. The Morgan fingerprint density at radius 1 is 1.06 bits per heavy atom. The standard InChI is InChI=1S/C34H38F3N7O3/c1-19-4-6-24(40-31(46)21-12-23(34(35,36)37)15-26(13-21)44-10-8-27(45)9-11-44)16-28(19)29-14-22-17-39-33(42-30(22)32(47)43(29)3)41-25-7-5-20(2)38-18-25/h4,6,12-17,20,25,27,38,45H,5,7-11,18H2,1-3H3,(H,40,46)(H,39,41,42). The Hall–Kier alpha value is -4.49. The molecule has 10 nitrogen and oxygen atoms in total. The number of amides is 1. The van der Waals surface area contributed by atoms with E-state index in [1.165, 1.54) is 10.6 Å². The summed E-state index contributed by atoms with van der Waals surface area (Å²) in [4.78, 5) is 37.6. The maximum absolute atomic E-state index is 13.8. The first kappa shape index (κ1) is 32.5. The van der Waals surface area contributed by atoms with Crippen molar-refractivity contribution in [3.8, 4) is 11.3 Å². The van der Waals surface area contributed by atoms with Crippen molar-refractivity contribution < 1.29 is 23.1 Å². The lowest BCUT2D eigenvalue weighted by Crippen LogP contribution is -2.43. The van der Waals surface area contributed by atoms with E-state index in [2.05, 4.69) is 32.8 Å². The van der Waals surface area contributed by atoms with Crippen LogP contribution in [-0.2, 0) is 13.2 Å². The third kappa shape index (κ3) is 7.10. The molecular formula is C34H38F3N7O3. The number of aliphatic hydroxyl groups excluding tert-OH is 1. The number of hydrogen-bond donors (Lipinski definition) is 4. The van der Waals surface area contributed by atoms with Crippen molar-refractivity contribution >= 4 is 34.1 Å². The third-order valence-corrected chi connectivity index (χ3v) is 9.08. The smallest absolute Gasteiger partial charge is 0.393 e. The van der Waals surface area contributed by atoms with E-state index in [9.17, 15) is 27.9 Å².